The molecule has 2 amide bonds. The zero-order chi connectivity index (χ0) is 24.1. The van der Waals surface area contributed by atoms with E-state index >= 15 is 0 Å². The van der Waals surface area contributed by atoms with Crippen LogP contribution in [0.25, 0.3) is 10.6 Å². The molecule has 0 bridgehead atoms. The number of aromatic nitrogens is 2. The van der Waals surface area contributed by atoms with Gasteiger partial charge >= 0.3 is 5.97 Å². The molecular weight excluding hydrogens is 456 g/mol. The van der Waals surface area contributed by atoms with Crippen molar-refractivity contribution >= 4 is 39.9 Å². The molecule has 1 aromatic heterocycles. The smallest absolute Gasteiger partial charge is 0.337 e. The minimum Gasteiger partial charge on any atom is -0.478 e. The SMILES string of the molecule is CN1CCN(CC(=O)Nc2cc(C(=O)Nc3nnc(-c4ccccc4)s3)ccc2C(=O)O)CC1. The van der Waals surface area contributed by atoms with Gasteiger partial charge in [0.05, 0.1) is 17.8 Å². The molecule has 2 heterocycles. The maximum Gasteiger partial charge on any atom is 0.337 e. The number of carboxylic acids is 1. The summed E-state index contributed by atoms with van der Waals surface area (Å²) in [6, 6.07) is 13.5. The van der Waals surface area contributed by atoms with Gasteiger partial charge in [0.1, 0.15) is 5.01 Å². The van der Waals surface area contributed by atoms with Gasteiger partial charge < -0.3 is 15.3 Å². The molecule has 0 saturated carbocycles. The van der Waals surface area contributed by atoms with Gasteiger partial charge in [-0.2, -0.15) is 0 Å². The van der Waals surface area contributed by atoms with Crippen molar-refractivity contribution in [3.05, 3.63) is 59.7 Å². The van der Waals surface area contributed by atoms with E-state index in [1.165, 1.54) is 29.5 Å². The molecule has 1 fully saturated rings. The molecule has 3 N–H and O–H groups in total. The van der Waals surface area contributed by atoms with Crippen molar-refractivity contribution in [2.75, 3.05) is 50.4 Å². The van der Waals surface area contributed by atoms with Crippen molar-refractivity contribution < 1.29 is 19.5 Å². The van der Waals surface area contributed by atoms with Gasteiger partial charge in [0.25, 0.3) is 5.91 Å². The first-order valence-electron chi connectivity index (χ1n) is 10.7. The normalized spacial score (nSPS) is 14.5. The highest BCUT2D eigenvalue weighted by Gasteiger charge is 2.20. The van der Waals surface area contributed by atoms with Crippen LogP contribution in [0.2, 0.25) is 0 Å². The Balaban J connectivity index is 1.45. The summed E-state index contributed by atoms with van der Waals surface area (Å²) in [7, 11) is 2.03. The second-order valence-electron chi connectivity index (χ2n) is 7.93. The number of rotatable bonds is 7. The van der Waals surface area contributed by atoms with Crippen LogP contribution >= 0.6 is 11.3 Å². The number of likely N-dealkylation sites (N-methyl/N-ethyl adjacent to an activating group) is 1. The topological polar surface area (TPSA) is 128 Å². The molecule has 1 aliphatic heterocycles. The number of nitrogens with one attached hydrogen (secondary N) is 2. The summed E-state index contributed by atoms with van der Waals surface area (Å²) in [5.41, 5.74) is 1.06. The highest BCUT2D eigenvalue weighted by molar-refractivity contribution is 7.18. The molecule has 1 saturated heterocycles. The lowest BCUT2D eigenvalue weighted by atomic mass is 10.1. The summed E-state index contributed by atoms with van der Waals surface area (Å²) < 4.78 is 0. The van der Waals surface area contributed by atoms with Crippen molar-refractivity contribution in [1.29, 1.82) is 0 Å². The molecule has 0 unspecified atom stereocenters. The Hall–Kier alpha value is -3.67. The molecule has 4 rings (SSSR count). The lowest BCUT2D eigenvalue weighted by Crippen LogP contribution is -2.47. The molecule has 11 heteroatoms. The van der Waals surface area contributed by atoms with Gasteiger partial charge in [0.2, 0.25) is 11.0 Å². The summed E-state index contributed by atoms with van der Waals surface area (Å²) in [6.45, 7) is 3.38. The number of anilines is 2. The van der Waals surface area contributed by atoms with Crippen LogP contribution in [0, 0.1) is 0 Å². The number of nitrogens with zero attached hydrogens (tertiary/aromatic N) is 4. The summed E-state index contributed by atoms with van der Waals surface area (Å²) in [5.74, 6) is -2.01. The van der Waals surface area contributed by atoms with Crippen LogP contribution in [-0.2, 0) is 4.79 Å². The summed E-state index contributed by atoms with van der Waals surface area (Å²) in [4.78, 5) is 41.2. The fraction of sp³-hybridized carbons (Fsp3) is 0.261. The number of hydrogen-bond donors (Lipinski definition) is 3. The monoisotopic (exact) mass is 480 g/mol. The first-order chi connectivity index (χ1) is 16.4. The van der Waals surface area contributed by atoms with Crippen LogP contribution in [0.3, 0.4) is 0 Å². The minimum atomic E-state index is -1.20. The maximum atomic E-state index is 12.8. The molecule has 1 aliphatic rings. The van der Waals surface area contributed by atoms with Crippen molar-refractivity contribution in [3.8, 4) is 10.6 Å². The Morgan fingerprint density at radius 3 is 2.44 bits per heavy atom. The second kappa shape index (κ2) is 10.5. The molecule has 2 aromatic carbocycles. The van der Waals surface area contributed by atoms with E-state index in [0.717, 1.165) is 31.7 Å². The van der Waals surface area contributed by atoms with Gasteiger partial charge in [-0.05, 0) is 25.2 Å². The van der Waals surface area contributed by atoms with Crippen LogP contribution in [-0.4, -0.2) is 82.7 Å². The van der Waals surface area contributed by atoms with E-state index in [2.05, 4.69) is 25.7 Å². The van der Waals surface area contributed by atoms with Crippen LogP contribution < -0.4 is 10.6 Å². The number of hydrogen-bond acceptors (Lipinski definition) is 8. The van der Waals surface area contributed by atoms with E-state index in [4.69, 9.17) is 0 Å². The van der Waals surface area contributed by atoms with Gasteiger partial charge in [0, 0.05) is 37.3 Å². The van der Waals surface area contributed by atoms with Crippen LogP contribution in [0.15, 0.2) is 48.5 Å². The molecule has 34 heavy (non-hydrogen) atoms. The standard InChI is InChI=1S/C23H24N6O4S/c1-28-9-11-29(12-10-28)14-19(30)24-18-13-16(7-8-17(18)22(32)33)20(31)25-23-27-26-21(34-23)15-5-3-2-4-6-15/h2-8,13H,9-12,14H2,1H3,(H,24,30)(H,32,33)(H,25,27,31). The van der Waals surface area contributed by atoms with E-state index in [1.54, 1.807) is 0 Å². The molecule has 0 aliphatic carbocycles. The summed E-state index contributed by atoms with van der Waals surface area (Å²) in [5, 5.41) is 23.9. The third-order valence-corrected chi connectivity index (χ3v) is 6.30. The number of carboxylic acid groups (broad SMARTS) is 1. The van der Waals surface area contributed by atoms with E-state index in [0.29, 0.717) is 10.1 Å². The highest BCUT2D eigenvalue weighted by Crippen LogP contribution is 2.26. The second-order valence-corrected chi connectivity index (χ2v) is 8.90. The number of piperazine rings is 1. The Bertz CT molecular complexity index is 1190. The molecule has 0 spiro atoms. The van der Waals surface area contributed by atoms with E-state index in [9.17, 15) is 19.5 Å². The molecule has 10 nitrogen and oxygen atoms in total. The lowest BCUT2D eigenvalue weighted by Gasteiger charge is -2.31. The largest absolute Gasteiger partial charge is 0.478 e. The third kappa shape index (κ3) is 5.81. The average molecular weight is 481 g/mol. The predicted molar refractivity (Wildman–Crippen MR) is 129 cm³/mol. The van der Waals surface area contributed by atoms with Crippen LogP contribution in [0.4, 0.5) is 10.8 Å². The summed E-state index contributed by atoms with van der Waals surface area (Å²) in [6.07, 6.45) is 0. The van der Waals surface area contributed by atoms with E-state index in [1.807, 2.05) is 42.3 Å². The predicted octanol–water partition coefficient (Wildman–Crippen LogP) is 2.34. The average Bonchev–Trinajstić information content (AvgIpc) is 3.29. The van der Waals surface area contributed by atoms with E-state index < -0.39 is 11.9 Å². The van der Waals surface area contributed by atoms with Crippen LogP contribution in [0.1, 0.15) is 20.7 Å². The summed E-state index contributed by atoms with van der Waals surface area (Å²) >= 11 is 1.22. The Labute approximate surface area is 200 Å². The molecule has 3 aromatic rings. The van der Waals surface area contributed by atoms with E-state index in [-0.39, 0.29) is 29.3 Å². The molecule has 176 valence electrons. The number of aromatic carboxylic acids is 1. The van der Waals surface area contributed by atoms with Crippen LogP contribution in [0.5, 0.6) is 0 Å². The fourth-order valence-electron chi connectivity index (χ4n) is 3.51. The number of benzene rings is 2. The Kier molecular flexibility index (Phi) is 7.26. The first kappa shape index (κ1) is 23.5. The molecule has 0 radical (unpaired) electrons. The first-order valence-corrected chi connectivity index (χ1v) is 11.5. The molecular formula is C23H24N6O4S. The van der Waals surface area contributed by atoms with Gasteiger partial charge in [-0.15, -0.1) is 10.2 Å². The zero-order valence-electron chi connectivity index (χ0n) is 18.5. The highest BCUT2D eigenvalue weighted by atomic mass is 32.1. The van der Waals surface area contributed by atoms with Gasteiger partial charge in [-0.1, -0.05) is 41.7 Å². The number of amides is 2. The Morgan fingerprint density at radius 1 is 1.00 bits per heavy atom. The van der Waals surface area contributed by atoms with Crippen molar-refractivity contribution in [2.45, 2.75) is 0 Å². The lowest BCUT2D eigenvalue weighted by molar-refractivity contribution is -0.117. The van der Waals surface area contributed by atoms with Crippen molar-refractivity contribution in [1.82, 2.24) is 20.0 Å². The Morgan fingerprint density at radius 2 is 1.74 bits per heavy atom. The number of carbonyl (C=O) groups is 3. The quantitative estimate of drug-likeness (QED) is 0.470. The fourth-order valence-corrected chi connectivity index (χ4v) is 4.26. The van der Waals surface area contributed by atoms with Crippen molar-refractivity contribution in [3.63, 3.8) is 0 Å². The van der Waals surface area contributed by atoms with Gasteiger partial charge in [-0.25, -0.2) is 4.79 Å². The minimum absolute atomic E-state index is 0.0708. The van der Waals surface area contributed by atoms with Gasteiger partial charge in [-0.3, -0.25) is 19.8 Å². The van der Waals surface area contributed by atoms with Crippen molar-refractivity contribution in [2.24, 2.45) is 0 Å². The zero-order valence-corrected chi connectivity index (χ0v) is 19.3. The molecule has 0 atom stereocenters. The third-order valence-electron chi connectivity index (χ3n) is 5.42. The number of carbonyl (C=O) groups excluding carboxylic acids is 2. The van der Waals surface area contributed by atoms with Gasteiger partial charge in [0.15, 0.2) is 0 Å². The maximum absolute atomic E-state index is 12.8.